The highest BCUT2D eigenvalue weighted by Gasteiger charge is 2.09. The number of likely N-dealkylation sites (N-methyl/N-ethyl adjacent to an activating group) is 1. The van der Waals surface area contributed by atoms with Gasteiger partial charge >= 0.3 is 5.97 Å². The molecular formula is C10H21NO4. The van der Waals surface area contributed by atoms with Crippen molar-refractivity contribution in [2.75, 3.05) is 40.5 Å². The zero-order valence-corrected chi connectivity index (χ0v) is 9.73. The van der Waals surface area contributed by atoms with Gasteiger partial charge in [0, 0.05) is 20.2 Å². The van der Waals surface area contributed by atoms with Gasteiger partial charge in [-0.3, -0.25) is 4.79 Å². The topological polar surface area (TPSA) is 59.0 Å². The summed E-state index contributed by atoms with van der Waals surface area (Å²) in [5, 5.41) is 9.41. The number of aliphatic hydroxyl groups excluding tert-OH is 1. The van der Waals surface area contributed by atoms with E-state index in [2.05, 4.69) is 0 Å². The number of carbonyl (C=O) groups is 1. The molecule has 0 radical (unpaired) electrons. The lowest BCUT2D eigenvalue weighted by atomic mass is 10.3. The van der Waals surface area contributed by atoms with Crippen LogP contribution in [0.2, 0.25) is 0 Å². The van der Waals surface area contributed by atoms with E-state index in [0.29, 0.717) is 32.7 Å². The molecule has 0 saturated heterocycles. The molecule has 0 aromatic rings. The summed E-state index contributed by atoms with van der Waals surface area (Å²) < 4.78 is 9.59. The Morgan fingerprint density at radius 1 is 1.53 bits per heavy atom. The summed E-state index contributed by atoms with van der Waals surface area (Å²) in [5.74, 6) is -0.203. The summed E-state index contributed by atoms with van der Waals surface area (Å²) in [6, 6.07) is 0. The summed E-state index contributed by atoms with van der Waals surface area (Å²) in [6.45, 7) is 3.58. The van der Waals surface area contributed by atoms with Gasteiger partial charge in [0.25, 0.3) is 0 Å². The maximum absolute atomic E-state index is 11.0. The summed E-state index contributed by atoms with van der Waals surface area (Å²) in [5.41, 5.74) is 0. The minimum absolute atomic E-state index is 0.203. The Morgan fingerprint density at radius 2 is 2.20 bits per heavy atom. The molecule has 0 heterocycles. The fourth-order valence-corrected chi connectivity index (χ4v) is 1.21. The van der Waals surface area contributed by atoms with Gasteiger partial charge < -0.3 is 19.5 Å². The summed E-state index contributed by atoms with van der Waals surface area (Å²) in [4.78, 5) is 12.9. The molecule has 0 aliphatic heterocycles. The largest absolute Gasteiger partial charge is 0.466 e. The normalized spacial score (nSPS) is 12.9. The Bertz CT molecular complexity index is 175. The van der Waals surface area contributed by atoms with Crippen molar-refractivity contribution >= 4 is 5.97 Å². The quantitative estimate of drug-likeness (QED) is 0.577. The van der Waals surface area contributed by atoms with Crippen molar-refractivity contribution in [1.29, 1.82) is 0 Å². The molecule has 1 atom stereocenters. The first-order valence-electron chi connectivity index (χ1n) is 5.11. The number of esters is 1. The molecule has 0 saturated carbocycles. The van der Waals surface area contributed by atoms with Crippen molar-refractivity contribution in [3.63, 3.8) is 0 Å². The van der Waals surface area contributed by atoms with Crippen LogP contribution < -0.4 is 0 Å². The predicted octanol–water partition coefficient (Wildman–Crippen LogP) is -0.121. The lowest BCUT2D eigenvalue weighted by Gasteiger charge is -2.19. The molecule has 5 heteroatoms. The number of methoxy groups -OCH3 is 1. The van der Waals surface area contributed by atoms with E-state index in [0.717, 1.165) is 0 Å². The molecule has 0 aromatic heterocycles. The van der Waals surface area contributed by atoms with Crippen LogP contribution in [0.1, 0.15) is 13.3 Å². The van der Waals surface area contributed by atoms with E-state index in [1.165, 1.54) is 0 Å². The average molecular weight is 219 g/mol. The van der Waals surface area contributed by atoms with E-state index >= 15 is 0 Å². The zero-order valence-electron chi connectivity index (χ0n) is 9.73. The van der Waals surface area contributed by atoms with Gasteiger partial charge in [0.1, 0.15) is 0 Å². The SMILES string of the molecule is CCOC(=O)CCN(C)CC(O)COC. The van der Waals surface area contributed by atoms with Gasteiger partial charge in [-0.25, -0.2) is 0 Å². The van der Waals surface area contributed by atoms with Gasteiger partial charge in [0.2, 0.25) is 0 Å². The molecule has 1 unspecified atom stereocenters. The average Bonchev–Trinajstić information content (AvgIpc) is 2.15. The van der Waals surface area contributed by atoms with Crippen LogP contribution in [0.4, 0.5) is 0 Å². The van der Waals surface area contributed by atoms with Gasteiger partial charge in [-0.1, -0.05) is 0 Å². The highest BCUT2D eigenvalue weighted by Crippen LogP contribution is 1.94. The standard InChI is InChI=1S/C10H21NO4/c1-4-15-10(13)5-6-11(2)7-9(12)8-14-3/h9,12H,4-8H2,1-3H3. The molecule has 0 bridgehead atoms. The smallest absolute Gasteiger partial charge is 0.307 e. The van der Waals surface area contributed by atoms with E-state index < -0.39 is 6.10 Å². The van der Waals surface area contributed by atoms with Crippen LogP contribution >= 0.6 is 0 Å². The van der Waals surface area contributed by atoms with Crippen molar-refractivity contribution in [3.8, 4) is 0 Å². The number of rotatable bonds is 8. The van der Waals surface area contributed by atoms with E-state index in [1.54, 1.807) is 14.0 Å². The first-order valence-corrected chi connectivity index (χ1v) is 5.11. The Hall–Kier alpha value is -0.650. The predicted molar refractivity (Wildman–Crippen MR) is 56.6 cm³/mol. The molecule has 5 nitrogen and oxygen atoms in total. The minimum atomic E-state index is -0.512. The molecule has 90 valence electrons. The second-order valence-electron chi connectivity index (χ2n) is 3.43. The van der Waals surface area contributed by atoms with Crippen LogP contribution in [0.3, 0.4) is 0 Å². The van der Waals surface area contributed by atoms with Crippen LogP contribution in [0.15, 0.2) is 0 Å². The first kappa shape index (κ1) is 14.3. The second kappa shape index (κ2) is 8.64. The molecule has 0 amide bonds. The second-order valence-corrected chi connectivity index (χ2v) is 3.43. The molecule has 0 aromatic carbocycles. The van der Waals surface area contributed by atoms with E-state index in [4.69, 9.17) is 9.47 Å². The highest BCUT2D eigenvalue weighted by atomic mass is 16.5. The maximum atomic E-state index is 11.0. The number of hydrogen-bond acceptors (Lipinski definition) is 5. The van der Waals surface area contributed by atoms with Crippen molar-refractivity contribution < 1.29 is 19.4 Å². The minimum Gasteiger partial charge on any atom is -0.466 e. The third kappa shape index (κ3) is 8.35. The zero-order chi connectivity index (χ0) is 11.7. The summed E-state index contributed by atoms with van der Waals surface area (Å²) in [7, 11) is 3.39. The van der Waals surface area contributed by atoms with E-state index in [1.807, 2.05) is 11.9 Å². The van der Waals surface area contributed by atoms with Crippen LogP contribution in [-0.4, -0.2) is 62.5 Å². The van der Waals surface area contributed by atoms with Gasteiger partial charge in [-0.15, -0.1) is 0 Å². The highest BCUT2D eigenvalue weighted by molar-refractivity contribution is 5.69. The Kier molecular flexibility index (Phi) is 8.27. The Balaban J connectivity index is 3.55. The number of hydrogen-bond donors (Lipinski definition) is 1. The number of ether oxygens (including phenoxy) is 2. The first-order chi connectivity index (χ1) is 7.10. The van der Waals surface area contributed by atoms with E-state index in [-0.39, 0.29) is 5.97 Å². The van der Waals surface area contributed by atoms with E-state index in [9.17, 15) is 9.90 Å². The van der Waals surface area contributed by atoms with Crippen LogP contribution in [-0.2, 0) is 14.3 Å². The van der Waals surface area contributed by atoms with Gasteiger partial charge in [-0.05, 0) is 14.0 Å². The van der Waals surface area contributed by atoms with Crippen molar-refractivity contribution in [2.45, 2.75) is 19.4 Å². The van der Waals surface area contributed by atoms with Crippen LogP contribution in [0, 0.1) is 0 Å². The molecule has 15 heavy (non-hydrogen) atoms. The lowest BCUT2D eigenvalue weighted by molar-refractivity contribution is -0.143. The number of carbonyl (C=O) groups excluding carboxylic acids is 1. The monoisotopic (exact) mass is 219 g/mol. The van der Waals surface area contributed by atoms with Crippen molar-refractivity contribution in [1.82, 2.24) is 4.90 Å². The van der Waals surface area contributed by atoms with Gasteiger partial charge in [0.05, 0.1) is 25.7 Å². The molecule has 0 fully saturated rings. The fraction of sp³-hybridized carbons (Fsp3) is 0.900. The van der Waals surface area contributed by atoms with Gasteiger partial charge in [0.15, 0.2) is 0 Å². The molecule has 0 aliphatic carbocycles. The molecular weight excluding hydrogens is 198 g/mol. The Morgan fingerprint density at radius 3 is 2.73 bits per heavy atom. The Labute approximate surface area is 91.0 Å². The molecule has 0 rings (SSSR count). The lowest BCUT2D eigenvalue weighted by Crippen LogP contribution is -2.33. The molecule has 1 N–H and O–H groups in total. The fourth-order valence-electron chi connectivity index (χ4n) is 1.21. The van der Waals surface area contributed by atoms with Gasteiger partial charge in [-0.2, -0.15) is 0 Å². The number of nitrogens with zero attached hydrogens (tertiary/aromatic N) is 1. The molecule has 0 spiro atoms. The van der Waals surface area contributed by atoms with Crippen molar-refractivity contribution in [2.24, 2.45) is 0 Å². The van der Waals surface area contributed by atoms with Crippen LogP contribution in [0.25, 0.3) is 0 Å². The molecule has 0 aliphatic rings. The third-order valence-corrected chi connectivity index (χ3v) is 1.88. The summed E-state index contributed by atoms with van der Waals surface area (Å²) in [6.07, 6.45) is -0.161. The van der Waals surface area contributed by atoms with Crippen LogP contribution in [0.5, 0.6) is 0 Å². The van der Waals surface area contributed by atoms with Crippen molar-refractivity contribution in [3.05, 3.63) is 0 Å². The number of aliphatic hydroxyl groups is 1. The maximum Gasteiger partial charge on any atom is 0.307 e. The third-order valence-electron chi connectivity index (χ3n) is 1.88. The summed E-state index contributed by atoms with van der Waals surface area (Å²) >= 11 is 0.